The van der Waals surface area contributed by atoms with Crippen LogP contribution in [0.15, 0.2) is 36.4 Å². The molecule has 120 valence electrons. The Morgan fingerprint density at radius 3 is 2.78 bits per heavy atom. The molecule has 1 saturated heterocycles. The first-order valence-corrected chi connectivity index (χ1v) is 8.51. The van der Waals surface area contributed by atoms with Crippen LogP contribution in [0.5, 0.6) is 0 Å². The number of hydrogen-bond donors (Lipinski definition) is 2. The molecule has 1 aromatic rings. The van der Waals surface area contributed by atoms with Crippen molar-refractivity contribution in [3.05, 3.63) is 42.0 Å². The van der Waals surface area contributed by atoms with Crippen molar-refractivity contribution in [1.82, 2.24) is 15.2 Å². The van der Waals surface area contributed by atoms with E-state index >= 15 is 0 Å². The summed E-state index contributed by atoms with van der Waals surface area (Å²) in [5, 5.41) is 7.12. The van der Waals surface area contributed by atoms with E-state index in [9.17, 15) is 4.39 Å². The molecule has 1 aromatic heterocycles. The van der Waals surface area contributed by atoms with E-state index in [1.54, 1.807) is 0 Å². The predicted octanol–water partition coefficient (Wildman–Crippen LogP) is 2.88. The van der Waals surface area contributed by atoms with Gasteiger partial charge in [-0.15, -0.1) is 0 Å². The monoisotopic (exact) mass is 312 g/mol. The number of dihydropyridines is 1. The van der Waals surface area contributed by atoms with Crippen molar-refractivity contribution in [3.8, 4) is 0 Å². The molecule has 1 aliphatic carbocycles. The maximum absolute atomic E-state index is 13.2. The zero-order valence-electron chi connectivity index (χ0n) is 13.1. The Balaban J connectivity index is 1.31. The van der Waals surface area contributed by atoms with Gasteiger partial charge >= 0.3 is 0 Å². The molecule has 5 heteroatoms. The number of hydrogen-bond acceptors (Lipinski definition) is 4. The Labute approximate surface area is 135 Å². The number of allylic oxidation sites excluding steroid dienone is 2. The number of aromatic nitrogens is 1. The molecule has 1 unspecified atom stereocenters. The fourth-order valence-electron chi connectivity index (χ4n) is 4.51. The van der Waals surface area contributed by atoms with Crippen molar-refractivity contribution >= 4 is 11.3 Å². The Kier molecular flexibility index (Phi) is 2.75. The largest absolute Gasteiger partial charge is 0.361 e. The summed E-state index contributed by atoms with van der Waals surface area (Å²) >= 11 is 0. The lowest BCUT2D eigenvalue weighted by atomic mass is 9.62. The fourth-order valence-corrected chi connectivity index (χ4v) is 4.51. The number of pyridine rings is 1. The minimum absolute atomic E-state index is 0.129. The Bertz CT molecular complexity index is 695. The molecule has 1 spiro atoms. The van der Waals surface area contributed by atoms with Gasteiger partial charge in [0.1, 0.15) is 18.2 Å². The third kappa shape index (κ3) is 2.06. The second-order valence-electron chi connectivity index (χ2n) is 7.31. The second kappa shape index (κ2) is 4.73. The molecule has 2 N–H and O–H groups in total. The first kappa shape index (κ1) is 13.4. The van der Waals surface area contributed by atoms with Crippen LogP contribution >= 0.6 is 0 Å². The first-order chi connectivity index (χ1) is 11.2. The predicted molar refractivity (Wildman–Crippen MR) is 88.2 cm³/mol. The van der Waals surface area contributed by atoms with E-state index in [4.69, 9.17) is 0 Å². The molecular formula is C18H21FN4. The average molecular weight is 312 g/mol. The van der Waals surface area contributed by atoms with Gasteiger partial charge in [0.25, 0.3) is 0 Å². The second-order valence-corrected chi connectivity index (χ2v) is 7.31. The highest BCUT2D eigenvalue weighted by Gasteiger charge is 2.46. The van der Waals surface area contributed by atoms with E-state index in [0.717, 1.165) is 44.5 Å². The number of halogens is 1. The van der Waals surface area contributed by atoms with Gasteiger partial charge in [-0.1, -0.05) is 6.08 Å². The molecule has 1 saturated carbocycles. The van der Waals surface area contributed by atoms with Gasteiger partial charge < -0.3 is 15.5 Å². The first-order valence-electron chi connectivity index (χ1n) is 8.51. The topological polar surface area (TPSA) is 40.2 Å². The highest BCUT2D eigenvalue weighted by molar-refractivity contribution is 5.87. The molecule has 4 nitrogen and oxygen atoms in total. The highest BCUT2D eigenvalue weighted by Crippen LogP contribution is 2.50. The number of rotatable bonds is 1. The lowest BCUT2D eigenvalue weighted by Gasteiger charge is -2.50. The third-order valence-corrected chi connectivity index (χ3v) is 5.93. The lowest BCUT2D eigenvalue weighted by Crippen LogP contribution is -2.50. The average Bonchev–Trinajstić information content (AvgIpc) is 2.92. The van der Waals surface area contributed by atoms with Gasteiger partial charge in [0, 0.05) is 42.3 Å². The van der Waals surface area contributed by atoms with Crippen LogP contribution in [0.2, 0.25) is 0 Å². The summed E-state index contributed by atoms with van der Waals surface area (Å²) in [5.74, 6) is 1.18. The van der Waals surface area contributed by atoms with E-state index in [1.807, 2.05) is 18.5 Å². The van der Waals surface area contributed by atoms with E-state index in [0.29, 0.717) is 5.41 Å². The number of nitrogens with zero attached hydrogens (tertiary/aromatic N) is 2. The molecule has 0 aromatic carbocycles. The van der Waals surface area contributed by atoms with Crippen molar-refractivity contribution in [3.63, 3.8) is 0 Å². The highest BCUT2D eigenvalue weighted by atomic mass is 19.1. The van der Waals surface area contributed by atoms with Gasteiger partial charge in [0.15, 0.2) is 0 Å². The van der Waals surface area contributed by atoms with Gasteiger partial charge in [-0.2, -0.15) is 0 Å². The van der Waals surface area contributed by atoms with E-state index in [1.165, 1.54) is 17.0 Å². The summed E-state index contributed by atoms with van der Waals surface area (Å²) in [6.07, 6.45) is 11.5. The maximum atomic E-state index is 13.2. The minimum atomic E-state index is -0.547. The normalized spacial score (nSPS) is 28.0. The molecule has 5 rings (SSSR count). The van der Waals surface area contributed by atoms with Crippen LogP contribution in [-0.2, 0) is 0 Å². The molecular weight excluding hydrogens is 291 g/mol. The quantitative estimate of drug-likeness (QED) is 0.836. The van der Waals surface area contributed by atoms with Crippen LogP contribution < -0.4 is 10.6 Å². The zero-order valence-corrected chi connectivity index (χ0v) is 13.1. The molecule has 4 aliphatic rings. The summed E-state index contributed by atoms with van der Waals surface area (Å²) in [5.41, 5.74) is 3.88. The summed E-state index contributed by atoms with van der Waals surface area (Å²) < 4.78 is 13.2. The van der Waals surface area contributed by atoms with Crippen LogP contribution in [0.4, 0.5) is 10.1 Å². The minimum Gasteiger partial charge on any atom is -0.361 e. The number of likely N-dealkylation sites (tertiary alicyclic amines) is 1. The number of piperidine rings is 1. The van der Waals surface area contributed by atoms with Crippen LogP contribution in [0, 0.1) is 5.41 Å². The van der Waals surface area contributed by atoms with E-state index < -0.39 is 6.17 Å². The van der Waals surface area contributed by atoms with Crippen LogP contribution in [0.25, 0.3) is 5.57 Å². The maximum Gasteiger partial charge on any atom is 0.125 e. The molecule has 0 bridgehead atoms. The molecule has 0 radical (unpaired) electrons. The van der Waals surface area contributed by atoms with Gasteiger partial charge in [-0.3, -0.25) is 4.98 Å². The molecule has 0 amide bonds. The van der Waals surface area contributed by atoms with Gasteiger partial charge in [-0.25, -0.2) is 4.39 Å². The van der Waals surface area contributed by atoms with E-state index in [-0.39, 0.29) is 6.17 Å². The standard InChI is InChI=1S/C18H21FN4/c19-12-9-18(10-12)4-7-23(8-5-18)16-2-1-13-14-11-20-6-3-15(14)21-17(13)22-16/h1-3,6,11-12,17,21-22H,4-5,7-10H2. The van der Waals surface area contributed by atoms with Gasteiger partial charge in [0.2, 0.25) is 0 Å². The van der Waals surface area contributed by atoms with Crippen LogP contribution in [0.3, 0.4) is 0 Å². The summed E-state index contributed by atoms with van der Waals surface area (Å²) in [4.78, 5) is 6.63. The van der Waals surface area contributed by atoms with Crippen molar-refractivity contribution in [2.75, 3.05) is 18.4 Å². The summed E-state index contributed by atoms with van der Waals surface area (Å²) in [6.45, 7) is 2.05. The summed E-state index contributed by atoms with van der Waals surface area (Å²) in [7, 11) is 0. The number of alkyl halides is 1. The Morgan fingerprint density at radius 2 is 2.00 bits per heavy atom. The van der Waals surface area contributed by atoms with Crippen molar-refractivity contribution in [1.29, 1.82) is 0 Å². The van der Waals surface area contributed by atoms with Gasteiger partial charge in [-0.05, 0) is 43.2 Å². The molecule has 23 heavy (non-hydrogen) atoms. The zero-order chi connectivity index (χ0) is 15.4. The third-order valence-electron chi connectivity index (χ3n) is 5.93. The number of nitrogens with one attached hydrogen (secondary N) is 2. The molecule has 4 heterocycles. The molecule has 2 fully saturated rings. The van der Waals surface area contributed by atoms with E-state index in [2.05, 4.69) is 32.7 Å². The van der Waals surface area contributed by atoms with Crippen molar-refractivity contribution < 1.29 is 4.39 Å². The fraction of sp³-hybridized carbons (Fsp3) is 0.500. The Morgan fingerprint density at radius 1 is 1.17 bits per heavy atom. The van der Waals surface area contributed by atoms with Crippen molar-refractivity contribution in [2.24, 2.45) is 5.41 Å². The molecule has 3 aliphatic heterocycles. The van der Waals surface area contributed by atoms with Crippen LogP contribution in [-0.4, -0.2) is 35.3 Å². The van der Waals surface area contributed by atoms with Crippen LogP contribution in [0.1, 0.15) is 31.2 Å². The summed E-state index contributed by atoms with van der Waals surface area (Å²) in [6, 6.07) is 2.02. The van der Waals surface area contributed by atoms with Gasteiger partial charge in [0.05, 0.1) is 0 Å². The number of anilines is 1. The SMILES string of the molecule is FC1CC2(CCN(C3=CC=C4c5cnccc5NC4N3)CC2)C1. The Hall–Kier alpha value is -2.04. The smallest absolute Gasteiger partial charge is 0.125 e. The number of fused-ring (bicyclic) bond motifs is 3. The molecule has 1 atom stereocenters. The lowest BCUT2D eigenvalue weighted by molar-refractivity contribution is -0.0231. The van der Waals surface area contributed by atoms with Crippen molar-refractivity contribution in [2.45, 2.75) is 38.0 Å².